The average molecular weight is 407 g/mol. The summed E-state index contributed by atoms with van der Waals surface area (Å²) < 4.78 is 7.11. The van der Waals surface area contributed by atoms with E-state index >= 15 is 0 Å². The van der Waals surface area contributed by atoms with Crippen molar-refractivity contribution in [1.82, 2.24) is 14.9 Å². The van der Waals surface area contributed by atoms with Crippen molar-refractivity contribution in [3.8, 4) is 11.5 Å². The maximum atomic E-state index is 11.4. The lowest BCUT2D eigenvalue weighted by Gasteiger charge is -2.29. The van der Waals surface area contributed by atoms with Crippen molar-refractivity contribution in [2.24, 2.45) is 0 Å². The third-order valence-corrected chi connectivity index (χ3v) is 6.41. The second kappa shape index (κ2) is 6.06. The van der Waals surface area contributed by atoms with Crippen molar-refractivity contribution in [3.05, 3.63) is 44.1 Å². The van der Waals surface area contributed by atoms with Gasteiger partial charge in [-0.15, -0.1) is 10.2 Å². The van der Waals surface area contributed by atoms with E-state index in [0.29, 0.717) is 5.56 Å². The van der Waals surface area contributed by atoms with Crippen LogP contribution in [-0.4, -0.2) is 32.0 Å². The number of phenols is 1. The molecule has 1 aromatic carbocycles. The van der Waals surface area contributed by atoms with Gasteiger partial charge in [-0.3, -0.25) is 15.1 Å². The molecule has 1 unspecified atom stereocenters. The maximum absolute atomic E-state index is 11.4. The van der Waals surface area contributed by atoms with E-state index < -0.39 is 10.7 Å². The molecule has 3 heterocycles. The van der Waals surface area contributed by atoms with E-state index in [0.717, 1.165) is 16.0 Å². The highest BCUT2D eigenvalue weighted by Gasteiger charge is 2.42. The predicted octanol–water partition coefficient (Wildman–Crippen LogP) is 3.49. The van der Waals surface area contributed by atoms with Gasteiger partial charge in [0.05, 0.1) is 12.0 Å². The molecule has 0 amide bonds. The summed E-state index contributed by atoms with van der Waals surface area (Å²) in [6, 6.07) is 3.01. The first kappa shape index (κ1) is 18.0. The molecule has 1 aromatic heterocycles. The van der Waals surface area contributed by atoms with Gasteiger partial charge in [0.1, 0.15) is 10.4 Å². The van der Waals surface area contributed by atoms with Gasteiger partial charge < -0.3 is 9.84 Å². The molecule has 142 valence electrons. The van der Waals surface area contributed by atoms with Crippen molar-refractivity contribution in [2.45, 2.75) is 36.7 Å². The summed E-state index contributed by atoms with van der Waals surface area (Å²) in [7, 11) is 1.37. The number of nitro groups is 1. The van der Waals surface area contributed by atoms with Gasteiger partial charge in [0.2, 0.25) is 10.9 Å². The Labute approximate surface area is 163 Å². The minimum Gasteiger partial charge on any atom is -0.500 e. The van der Waals surface area contributed by atoms with Crippen LogP contribution < -0.4 is 9.75 Å². The molecule has 0 saturated heterocycles. The molecule has 4 rings (SSSR count). The number of rotatable bonds is 3. The molecular weight excluding hydrogens is 390 g/mol. The van der Waals surface area contributed by atoms with Crippen LogP contribution >= 0.6 is 23.5 Å². The van der Waals surface area contributed by atoms with Crippen LogP contribution in [0.4, 0.5) is 5.69 Å². The molecule has 2 aromatic rings. The van der Waals surface area contributed by atoms with Gasteiger partial charge in [0.15, 0.2) is 11.6 Å². The number of ether oxygens (including phenoxy) is 1. The molecule has 1 N–H and O–H groups in total. The highest BCUT2D eigenvalue weighted by atomic mass is 32.2. The van der Waals surface area contributed by atoms with Crippen LogP contribution in [0.1, 0.15) is 37.5 Å². The van der Waals surface area contributed by atoms with E-state index in [2.05, 4.69) is 31.0 Å². The molecule has 2 aliphatic heterocycles. The summed E-state index contributed by atoms with van der Waals surface area (Å²) in [5.74, 6) is 0.403. The van der Waals surface area contributed by atoms with Gasteiger partial charge in [0.25, 0.3) is 0 Å². The van der Waals surface area contributed by atoms with Crippen LogP contribution in [0.2, 0.25) is 0 Å². The monoisotopic (exact) mass is 407 g/mol. The molecule has 0 saturated carbocycles. The lowest BCUT2D eigenvalue weighted by atomic mass is 9.96. The van der Waals surface area contributed by atoms with Gasteiger partial charge in [-0.2, -0.15) is 0 Å². The molecule has 1 atom stereocenters. The van der Waals surface area contributed by atoms with Crippen LogP contribution in [0.25, 0.3) is 0 Å². The summed E-state index contributed by atoms with van der Waals surface area (Å²) in [6.07, 6.45) is 0. The Kier molecular flexibility index (Phi) is 4.04. The van der Waals surface area contributed by atoms with Crippen LogP contribution in [-0.2, 0) is 5.41 Å². The summed E-state index contributed by atoms with van der Waals surface area (Å²) >= 11 is 3.03. The quantitative estimate of drug-likeness (QED) is 0.604. The largest absolute Gasteiger partial charge is 0.500 e. The van der Waals surface area contributed by atoms with Gasteiger partial charge in [-0.25, -0.2) is 4.68 Å². The Bertz CT molecular complexity index is 982. The summed E-state index contributed by atoms with van der Waals surface area (Å²) in [6.45, 7) is 6.18. The molecule has 11 heteroatoms. The van der Waals surface area contributed by atoms with E-state index in [9.17, 15) is 15.2 Å². The Hall–Kier alpha value is -2.40. The molecule has 9 nitrogen and oxygen atoms in total. The molecule has 0 aliphatic carbocycles. The number of thioether (sulfide) groups is 2. The highest BCUT2D eigenvalue weighted by molar-refractivity contribution is 8.07. The van der Waals surface area contributed by atoms with E-state index in [1.807, 2.05) is 15.1 Å². The van der Waals surface area contributed by atoms with Crippen LogP contribution in [0.3, 0.4) is 0 Å². The lowest BCUT2D eigenvalue weighted by Crippen LogP contribution is -2.34. The van der Waals surface area contributed by atoms with Crippen molar-refractivity contribution in [3.63, 3.8) is 0 Å². The fourth-order valence-electron chi connectivity index (χ4n) is 2.98. The van der Waals surface area contributed by atoms with Gasteiger partial charge >= 0.3 is 5.69 Å². The second-order valence-electron chi connectivity index (χ2n) is 7.11. The summed E-state index contributed by atoms with van der Waals surface area (Å²) in [4.78, 5) is 10.7. The Morgan fingerprint density at radius 2 is 2.07 bits per heavy atom. The number of aromatic nitrogens is 3. The number of methoxy groups -OCH3 is 1. The molecule has 0 radical (unpaired) electrons. The Balaban J connectivity index is 1.83. The molecule has 27 heavy (non-hydrogen) atoms. The number of benzene rings is 1. The van der Waals surface area contributed by atoms with Gasteiger partial charge in [-0.05, 0) is 23.4 Å². The molecule has 0 spiro atoms. The van der Waals surface area contributed by atoms with Crippen LogP contribution in [0.15, 0.2) is 27.7 Å². The first-order valence-electron chi connectivity index (χ1n) is 8.06. The number of aromatic hydroxyl groups is 1. The molecular formula is C16H17N5O4S2. The topological polar surface area (TPSA) is 107 Å². The number of nitro benzene ring substituents is 1. The van der Waals surface area contributed by atoms with E-state index in [4.69, 9.17) is 4.74 Å². The molecule has 0 bridgehead atoms. The Morgan fingerprint density at radius 3 is 2.70 bits per heavy atom. The summed E-state index contributed by atoms with van der Waals surface area (Å²) in [5.41, 5.74) is 0.0393. The SMILES string of the molecule is COc1cc(C2SC=C3Sc4nnc(C(C)(C)C)n4N32)cc([N+](=O)[O-])c1O. The Morgan fingerprint density at radius 1 is 1.33 bits per heavy atom. The van der Waals surface area contributed by atoms with Crippen LogP contribution in [0.5, 0.6) is 11.5 Å². The smallest absolute Gasteiger partial charge is 0.315 e. The van der Waals surface area contributed by atoms with Gasteiger partial charge in [-0.1, -0.05) is 32.5 Å². The maximum Gasteiger partial charge on any atom is 0.315 e. The third kappa shape index (κ3) is 2.72. The van der Waals surface area contributed by atoms with Crippen molar-refractivity contribution in [2.75, 3.05) is 12.1 Å². The third-order valence-electron chi connectivity index (χ3n) is 4.22. The fourth-order valence-corrected chi connectivity index (χ4v) is 5.19. The van der Waals surface area contributed by atoms with Crippen LogP contribution in [0, 0.1) is 10.1 Å². The number of hydrogen-bond donors (Lipinski definition) is 1. The minimum atomic E-state index is -0.612. The zero-order chi connectivity index (χ0) is 19.5. The first-order valence-corrected chi connectivity index (χ1v) is 9.82. The van der Waals surface area contributed by atoms with Crippen molar-refractivity contribution in [1.29, 1.82) is 0 Å². The van der Waals surface area contributed by atoms with E-state index in [-0.39, 0.29) is 22.2 Å². The number of hydrogen-bond acceptors (Lipinski definition) is 9. The van der Waals surface area contributed by atoms with E-state index in [1.165, 1.54) is 36.7 Å². The fraction of sp³-hybridized carbons (Fsp3) is 0.375. The summed E-state index contributed by atoms with van der Waals surface area (Å²) in [5, 5.41) is 35.5. The van der Waals surface area contributed by atoms with Crippen molar-refractivity contribution < 1.29 is 14.8 Å². The standard InChI is InChI=1S/C16H17N5O4S2/c1-16(2,3)14-17-18-15-20(14)19-11(27-15)7-26-13(19)8-5-9(21(23)24)12(22)10(6-8)25-4/h5-7,13,22H,1-4H3. The average Bonchev–Trinajstić information content (AvgIpc) is 3.24. The molecule has 2 aliphatic rings. The lowest BCUT2D eigenvalue weighted by molar-refractivity contribution is -0.386. The molecule has 0 fully saturated rings. The minimum absolute atomic E-state index is 0.0696. The number of fused-ring (bicyclic) bond motifs is 3. The number of nitrogens with zero attached hydrogens (tertiary/aromatic N) is 5. The first-order chi connectivity index (χ1) is 12.7. The normalized spacial score (nSPS) is 18.3. The second-order valence-corrected chi connectivity index (χ2v) is 9.05. The predicted molar refractivity (Wildman–Crippen MR) is 103 cm³/mol. The van der Waals surface area contributed by atoms with E-state index in [1.54, 1.807) is 6.07 Å². The zero-order valence-corrected chi connectivity index (χ0v) is 16.7. The van der Waals surface area contributed by atoms with Crippen molar-refractivity contribution >= 4 is 29.2 Å². The van der Waals surface area contributed by atoms with Gasteiger partial charge in [0, 0.05) is 16.9 Å². The number of phenolic OH excluding ortho intramolecular Hbond substituents is 1. The highest BCUT2D eigenvalue weighted by Crippen LogP contribution is 2.53. The zero-order valence-electron chi connectivity index (χ0n) is 15.0.